The van der Waals surface area contributed by atoms with Gasteiger partial charge in [-0.15, -0.1) is 0 Å². The van der Waals surface area contributed by atoms with Crippen molar-refractivity contribution in [2.75, 3.05) is 12.4 Å². The minimum atomic E-state index is 0.0979. The molecule has 3 atom stereocenters. The predicted molar refractivity (Wildman–Crippen MR) is 77.6 cm³/mol. The van der Waals surface area contributed by atoms with Crippen LogP contribution in [0.2, 0.25) is 0 Å². The molecule has 1 rings (SSSR count). The quantitative estimate of drug-likeness (QED) is 0.796. The average molecular weight is 259 g/mol. The Labute approximate surface area is 111 Å². The lowest BCUT2D eigenvalue weighted by Crippen LogP contribution is -2.46. The molecule has 3 heteroatoms. The molecule has 1 fully saturated rings. The molecule has 0 saturated heterocycles. The first-order valence-electron chi connectivity index (χ1n) is 6.78. The van der Waals surface area contributed by atoms with Gasteiger partial charge in [0.1, 0.15) is 0 Å². The van der Waals surface area contributed by atoms with Gasteiger partial charge < -0.3 is 10.4 Å². The van der Waals surface area contributed by atoms with Crippen LogP contribution in [0.4, 0.5) is 0 Å². The summed E-state index contributed by atoms with van der Waals surface area (Å²) in [5, 5.41) is 13.2. The largest absolute Gasteiger partial charge is 0.396 e. The molecule has 1 aliphatic carbocycles. The van der Waals surface area contributed by atoms with Gasteiger partial charge in [0.15, 0.2) is 0 Å². The third-order valence-electron chi connectivity index (χ3n) is 3.70. The van der Waals surface area contributed by atoms with Crippen molar-refractivity contribution in [2.24, 2.45) is 5.41 Å². The number of nitrogens with one attached hydrogen (secondary N) is 1. The first-order valence-corrected chi connectivity index (χ1v) is 7.76. The van der Waals surface area contributed by atoms with Crippen LogP contribution in [0.25, 0.3) is 0 Å². The van der Waals surface area contributed by atoms with E-state index in [-0.39, 0.29) is 5.41 Å². The summed E-state index contributed by atoms with van der Waals surface area (Å²) in [4.78, 5) is 0. The van der Waals surface area contributed by atoms with E-state index in [1.54, 1.807) is 0 Å². The molecule has 0 spiro atoms. The fraction of sp³-hybridized carbons (Fsp3) is 1.00. The van der Waals surface area contributed by atoms with Crippen LogP contribution in [0, 0.1) is 5.41 Å². The second kappa shape index (κ2) is 5.94. The standard InChI is InChI=1S/C14H29NOS/c1-11(9-17-13(2,3)4)15-12-7-6-8-14(12,5)10-16/h11-12,15-16H,6-10H2,1-5H3. The van der Waals surface area contributed by atoms with Gasteiger partial charge in [-0.3, -0.25) is 0 Å². The van der Waals surface area contributed by atoms with Crippen molar-refractivity contribution in [1.29, 1.82) is 0 Å². The van der Waals surface area contributed by atoms with Gasteiger partial charge in [-0.25, -0.2) is 0 Å². The van der Waals surface area contributed by atoms with Crippen molar-refractivity contribution < 1.29 is 5.11 Å². The Balaban J connectivity index is 2.38. The highest BCUT2D eigenvalue weighted by atomic mass is 32.2. The monoisotopic (exact) mass is 259 g/mol. The van der Waals surface area contributed by atoms with Crippen molar-refractivity contribution in [3.05, 3.63) is 0 Å². The van der Waals surface area contributed by atoms with Gasteiger partial charge in [0.05, 0.1) is 0 Å². The van der Waals surface area contributed by atoms with Crippen LogP contribution in [-0.4, -0.2) is 34.3 Å². The molecule has 0 aliphatic heterocycles. The van der Waals surface area contributed by atoms with Crippen LogP contribution in [0.3, 0.4) is 0 Å². The van der Waals surface area contributed by atoms with E-state index in [1.807, 2.05) is 11.8 Å². The summed E-state index contributed by atoms with van der Waals surface area (Å²) in [6, 6.07) is 1.01. The summed E-state index contributed by atoms with van der Waals surface area (Å²) >= 11 is 2.01. The number of aliphatic hydroxyl groups excluding tert-OH is 1. The number of hydrogen-bond acceptors (Lipinski definition) is 3. The summed E-state index contributed by atoms with van der Waals surface area (Å²) in [6.07, 6.45) is 3.61. The second-order valence-electron chi connectivity index (χ2n) is 6.75. The van der Waals surface area contributed by atoms with E-state index in [9.17, 15) is 5.11 Å². The minimum Gasteiger partial charge on any atom is -0.396 e. The molecule has 0 bridgehead atoms. The van der Waals surface area contributed by atoms with E-state index < -0.39 is 0 Å². The first kappa shape index (κ1) is 15.3. The molecule has 0 heterocycles. The van der Waals surface area contributed by atoms with Gasteiger partial charge in [-0.2, -0.15) is 11.8 Å². The van der Waals surface area contributed by atoms with Gasteiger partial charge in [-0.05, 0) is 19.8 Å². The SMILES string of the molecule is CC(CSC(C)(C)C)NC1CCCC1(C)CO. The topological polar surface area (TPSA) is 32.3 Å². The minimum absolute atomic E-state index is 0.0979. The Kier molecular flexibility index (Phi) is 5.36. The maximum Gasteiger partial charge on any atom is 0.0499 e. The molecule has 2 nitrogen and oxygen atoms in total. The second-order valence-corrected chi connectivity index (χ2v) is 8.59. The molecule has 3 unspecified atom stereocenters. The summed E-state index contributed by atoms with van der Waals surface area (Å²) in [5.74, 6) is 1.14. The molecule has 17 heavy (non-hydrogen) atoms. The van der Waals surface area contributed by atoms with Crippen molar-refractivity contribution >= 4 is 11.8 Å². The van der Waals surface area contributed by atoms with Crippen LogP contribution < -0.4 is 5.32 Å². The number of hydrogen-bond donors (Lipinski definition) is 2. The Hall–Kier alpha value is 0.270. The van der Waals surface area contributed by atoms with E-state index >= 15 is 0 Å². The van der Waals surface area contributed by atoms with Crippen LogP contribution in [0.5, 0.6) is 0 Å². The summed E-state index contributed by atoms with van der Waals surface area (Å²) in [6.45, 7) is 11.6. The molecule has 1 saturated carbocycles. The van der Waals surface area contributed by atoms with E-state index in [0.717, 1.165) is 12.2 Å². The molecule has 0 aromatic heterocycles. The van der Waals surface area contributed by atoms with Crippen LogP contribution in [0.1, 0.15) is 53.9 Å². The van der Waals surface area contributed by atoms with Crippen LogP contribution in [-0.2, 0) is 0 Å². The highest BCUT2D eigenvalue weighted by Crippen LogP contribution is 2.37. The van der Waals surface area contributed by atoms with E-state index in [1.165, 1.54) is 12.8 Å². The molecule has 102 valence electrons. The molecule has 0 amide bonds. The number of thioether (sulfide) groups is 1. The van der Waals surface area contributed by atoms with Crippen molar-refractivity contribution in [3.63, 3.8) is 0 Å². The molecule has 1 aliphatic rings. The Morgan fingerprint density at radius 1 is 1.47 bits per heavy atom. The predicted octanol–water partition coefficient (Wildman–Crippen LogP) is 3.05. The van der Waals surface area contributed by atoms with Gasteiger partial charge in [0.25, 0.3) is 0 Å². The lowest BCUT2D eigenvalue weighted by atomic mass is 9.85. The molecular weight excluding hydrogens is 230 g/mol. The summed E-state index contributed by atoms with van der Waals surface area (Å²) in [7, 11) is 0. The Bertz CT molecular complexity index is 239. The fourth-order valence-electron chi connectivity index (χ4n) is 2.47. The van der Waals surface area contributed by atoms with Crippen LogP contribution in [0.15, 0.2) is 0 Å². The first-order chi connectivity index (χ1) is 7.77. The van der Waals surface area contributed by atoms with Gasteiger partial charge >= 0.3 is 0 Å². The van der Waals surface area contributed by atoms with Gasteiger partial charge in [0, 0.05) is 34.6 Å². The molecular formula is C14H29NOS. The Morgan fingerprint density at radius 3 is 2.65 bits per heavy atom. The zero-order valence-corrected chi connectivity index (χ0v) is 12.9. The number of aliphatic hydroxyl groups is 1. The molecule has 0 aromatic rings. The highest BCUT2D eigenvalue weighted by Gasteiger charge is 2.38. The van der Waals surface area contributed by atoms with Gasteiger partial charge in [-0.1, -0.05) is 34.1 Å². The smallest absolute Gasteiger partial charge is 0.0499 e. The average Bonchev–Trinajstić information content (AvgIpc) is 2.57. The van der Waals surface area contributed by atoms with Gasteiger partial charge in [0.2, 0.25) is 0 Å². The molecule has 0 aromatic carbocycles. The van der Waals surface area contributed by atoms with E-state index in [4.69, 9.17) is 0 Å². The molecule has 2 N–H and O–H groups in total. The lowest BCUT2D eigenvalue weighted by Gasteiger charge is -2.33. The third-order valence-corrected chi connectivity index (χ3v) is 5.23. The van der Waals surface area contributed by atoms with Crippen molar-refractivity contribution in [3.8, 4) is 0 Å². The van der Waals surface area contributed by atoms with Crippen molar-refractivity contribution in [1.82, 2.24) is 5.32 Å². The van der Waals surface area contributed by atoms with E-state index in [2.05, 4.69) is 39.9 Å². The van der Waals surface area contributed by atoms with Crippen LogP contribution >= 0.6 is 11.8 Å². The third kappa shape index (κ3) is 4.80. The highest BCUT2D eigenvalue weighted by molar-refractivity contribution is 8.00. The molecule has 0 radical (unpaired) electrons. The number of rotatable bonds is 5. The zero-order valence-electron chi connectivity index (χ0n) is 12.0. The summed E-state index contributed by atoms with van der Waals surface area (Å²) < 4.78 is 0.339. The van der Waals surface area contributed by atoms with E-state index in [0.29, 0.717) is 23.4 Å². The fourth-order valence-corrected chi connectivity index (χ4v) is 3.32. The zero-order chi connectivity index (χ0) is 13.1. The maximum atomic E-state index is 9.52. The normalized spacial score (nSPS) is 31.8. The lowest BCUT2D eigenvalue weighted by molar-refractivity contribution is 0.115. The maximum absolute atomic E-state index is 9.52. The van der Waals surface area contributed by atoms with Crippen molar-refractivity contribution in [2.45, 2.75) is 70.7 Å². The summed E-state index contributed by atoms with van der Waals surface area (Å²) in [5.41, 5.74) is 0.0979. The Morgan fingerprint density at radius 2 is 2.12 bits per heavy atom.